The first-order chi connectivity index (χ1) is 1.73. The van der Waals surface area contributed by atoms with Crippen molar-refractivity contribution >= 4 is 13.7 Å². The number of carbonyl (C=O) groups is 1. The van der Waals surface area contributed by atoms with Gasteiger partial charge in [-0.3, -0.25) is 4.79 Å². The van der Waals surface area contributed by atoms with Gasteiger partial charge in [0.25, 0.3) is 0 Å². The minimum atomic E-state index is -1.33. The van der Waals surface area contributed by atoms with Gasteiger partial charge in [0, 0.05) is 26.2 Å². The first kappa shape index (κ1) is 16.2. The molecule has 0 atom stereocenters. The quantitative estimate of drug-likeness (QED) is 0.494. The van der Waals surface area contributed by atoms with E-state index >= 15 is 0 Å². The molecule has 3 nitrogen and oxygen atoms in total. The number of rotatable bonds is 0. The summed E-state index contributed by atoms with van der Waals surface area (Å²) in [4.78, 5) is 8.78. The van der Waals surface area contributed by atoms with Crippen molar-refractivity contribution in [3.05, 3.63) is 0 Å². The van der Waals surface area contributed by atoms with Crippen LogP contribution in [0.1, 0.15) is 0 Å². The summed E-state index contributed by atoms with van der Waals surface area (Å²) in [6.07, 6.45) is 0. The van der Waals surface area contributed by atoms with E-state index in [9.17, 15) is 0 Å². The van der Waals surface area contributed by atoms with Crippen molar-refractivity contribution in [1.82, 2.24) is 6.15 Å². The molecule has 0 heterocycles. The molecule has 5 heteroatoms. The molecule has 0 unspecified atom stereocenters. The molecule has 4 N–H and O–H groups in total. The molecule has 0 aromatic heterocycles. The molecule has 6 heavy (non-hydrogen) atoms. The van der Waals surface area contributed by atoms with Crippen LogP contribution in [-0.2, 0) is 26.2 Å². The van der Waals surface area contributed by atoms with E-state index in [0.717, 1.165) is 0 Å². The van der Waals surface area contributed by atoms with E-state index < -0.39 is 5.87 Å². The van der Waals surface area contributed by atoms with Gasteiger partial charge < -0.3 is 11.3 Å². The second kappa shape index (κ2) is 9.03. The van der Waals surface area contributed by atoms with E-state index in [0.29, 0.717) is 0 Å². The fourth-order valence-corrected chi connectivity index (χ4v) is 0. The van der Waals surface area contributed by atoms with Gasteiger partial charge in [0.2, 0.25) is 13.7 Å². The molecule has 2 radical (unpaired) electrons. The van der Waals surface area contributed by atoms with Crippen LogP contribution in [-0.4, -0.2) is 18.8 Å². The van der Waals surface area contributed by atoms with Gasteiger partial charge in [0.1, 0.15) is 0 Å². The summed E-state index contributed by atoms with van der Waals surface area (Å²) in [5.74, 6) is -1.33. The van der Waals surface area contributed by atoms with Crippen molar-refractivity contribution in [2.45, 2.75) is 0 Å². The molecular formula is CH4BNO2Zr. The topological polar surface area (TPSA) is 72.3 Å². The van der Waals surface area contributed by atoms with Crippen LogP contribution in [0.4, 0.5) is 4.79 Å². The van der Waals surface area contributed by atoms with Gasteiger partial charge in [-0.15, -0.1) is 0 Å². The molecule has 0 aliphatic carbocycles. The van der Waals surface area contributed by atoms with Crippen LogP contribution in [0.25, 0.3) is 0 Å². The molecule has 0 aromatic rings. The second-order valence-corrected chi connectivity index (χ2v) is 0.338. The maximum absolute atomic E-state index is 8.78. The van der Waals surface area contributed by atoms with Crippen molar-refractivity contribution in [3.8, 4) is 0 Å². The van der Waals surface area contributed by atoms with Crippen LogP contribution in [0.5, 0.6) is 0 Å². The molecule has 0 rings (SSSR count). The summed E-state index contributed by atoms with van der Waals surface area (Å²) >= 11 is 0. The van der Waals surface area contributed by atoms with E-state index in [4.69, 9.17) is 9.90 Å². The zero-order chi connectivity index (χ0) is 3.58. The van der Waals surface area contributed by atoms with Crippen LogP contribution in [0.15, 0.2) is 0 Å². The number of carboxylic acid groups (broad SMARTS) is 1. The average Bonchev–Trinajstić information content (AvgIpc) is 0.811. The van der Waals surface area contributed by atoms with Crippen molar-refractivity contribution in [1.29, 1.82) is 0 Å². The summed E-state index contributed by atoms with van der Waals surface area (Å²) in [5.41, 5.74) is 0. The van der Waals surface area contributed by atoms with E-state index in [1.807, 2.05) is 0 Å². The number of hydrogen-bond donors (Lipinski definition) is 2. The monoisotopic (exact) mass is 163 g/mol. The zero-order valence-electron chi connectivity index (χ0n) is 3.14. The minimum absolute atomic E-state index is 0. The molecule has 0 spiro atoms. The van der Waals surface area contributed by atoms with E-state index in [2.05, 4.69) is 7.85 Å². The van der Waals surface area contributed by atoms with Gasteiger partial charge in [-0.25, -0.2) is 0 Å². The predicted octanol–water partition coefficient (Wildman–Crippen LogP) is -0.00760. The normalized spacial score (nSPS) is 4.00. The Kier molecular flexibility index (Phi) is 24.3. The second-order valence-electron chi connectivity index (χ2n) is 0.338. The van der Waals surface area contributed by atoms with Gasteiger partial charge in [-0.05, 0) is 0 Å². The fraction of sp³-hybridized carbons (Fsp3) is 0. The summed E-state index contributed by atoms with van der Waals surface area (Å²) in [5, 5.41) is 7.19. The third-order valence-electron chi connectivity index (χ3n) is 0. The fourth-order valence-electron chi connectivity index (χ4n) is 0. The van der Waals surface area contributed by atoms with Gasteiger partial charge in [-0.1, -0.05) is 0 Å². The minimum Gasteiger partial charge on any atom is -0.490 e. The maximum Gasteiger partial charge on any atom is 0.233 e. The Hall–Kier alpha value is 0.378. The van der Waals surface area contributed by atoms with Crippen molar-refractivity contribution in [2.24, 2.45) is 0 Å². The smallest absolute Gasteiger partial charge is 0.233 e. The van der Waals surface area contributed by atoms with Gasteiger partial charge in [0.05, 0.1) is 0 Å². The Morgan fingerprint density at radius 3 is 1.67 bits per heavy atom. The van der Waals surface area contributed by atoms with Crippen molar-refractivity contribution in [3.63, 3.8) is 0 Å². The van der Waals surface area contributed by atoms with E-state index in [1.165, 1.54) is 0 Å². The standard InChI is InChI=1S/CHBO2.H3N.Zr/c2-1(3)4;;/h(H,3,4);1H3;. The zero-order valence-corrected chi connectivity index (χ0v) is 5.60. The molecule has 0 amide bonds. The molecule has 32 valence electrons. The molecular weight excluding hydrogens is 160 g/mol. The maximum atomic E-state index is 8.78. The summed E-state index contributed by atoms with van der Waals surface area (Å²) in [7, 11) is 4.03. The Morgan fingerprint density at radius 2 is 1.67 bits per heavy atom. The summed E-state index contributed by atoms with van der Waals surface area (Å²) in [6.45, 7) is 0. The summed E-state index contributed by atoms with van der Waals surface area (Å²) in [6, 6.07) is 0. The van der Waals surface area contributed by atoms with Crippen LogP contribution in [0.3, 0.4) is 0 Å². The summed E-state index contributed by atoms with van der Waals surface area (Å²) < 4.78 is 0. The Morgan fingerprint density at radius 1 is 1.67 bits per heavy atom. The third kappa shape index (κ3) is 350. The van der Waals surface area contributed by atoms with Crippen LogP contribution >= 0.6 is 0 Å². The van der Waals surface area contributed by atoms with Crippen LogP contribution < -0.4 is 6.15 Å². The van der Waals surface area contributed by atoms with Crippen LogP contribution in [0.2, 0.25) is 0 Å². The Balaban J connectivity index is -0.0000000450. The molecule has 0 aromatic carbocycles. The van der Waals surface area contributed by atoms with Gasteiger partial charge >= 0.3 is 0 Å². The largest absolute Gasteiger partial charge is 0.490 e. The molecule has 0 saturated heterocycles. The van der Waals surface area contributed by atoms with Crippen molar-refractivity contribution in [2.75, 3.05) is 0 Å². The molecule has 0 saturated carbocycles. The molecule has 0 fully saturated rings. The first-order valence-electron chi connectivity index (χ1n) is 0.716. The van der Waals surface area contributed by atoms with E-state index in [1.54, 1.807) is 0 Å². The third-order valence-corrected chi connectivity index (χ3v) is 0. The van der Waals surface area contributed by atoms with E-state index in [-0.39, 0.29) is 32.4 Å². The molecule has 0 bridgehead atoms. The number of hydrogen-bond acceptors (Lipinski definition) is 2. The Bertz CT molecular complexity index is 36.5. The molecule has 0 aliphatic heterocycles. The average molecular weight is 164 g/mol. The predicted molar refractivity (Wildman–Crippen MR) is 18.8 cm³/mol. The Labute approximate surface area is 56.2 Å². The first-order valence-corrected chi connectivity index (χ1v) is 0.716. The van der Waals surface area contributed by atoms with Gasteiger partial charge in [-0.2, -0.15) is 0 Å². The molecule has 0 aliphatic rings. The van der Waals surface area contributed by atoms with Crippen molar-refractivity contribution < 1.29 is 36.1 Å². The SMILES string of the molecule is N.[B]C(=O)O.[Zr]. The van der Waals surface area contributed by atoms with Gasteiger partial charge in [0.15, 0.2) is 0 Å². The van der Waals surface area contributed by atoms with Crippen LogP contribution in [0, 0.1) is 0 Å².